The molecule has 1 atom stereocenters. The van der Waals surface area contributed by atoms with Crippen LogP contribution in [0.1, 0.15) is 37.4 Å². The van der Waals surface area contributed by atoms with Gasteiger partial charge in [-0.25, -0.2) is 4.98 Å². The predicted molar refractivity (Wildman–Crippen MR) is 104 cm³/mol. The molecule has 0 saturated carbocycles. The first-order valence-electron chi connectivity index (χ1n) is 9.48. The molecule has 1 aliphatic rings. The summed E-state index contributed by atoms with van der Waals surface area (Å²) >= 11 is 0. The fraction of sp³-hybridized carbons (Fsp3) is 0.579. The molecule has 1 fully saturated rings. The molecule has 0 spiro atoms. The molecule has 2 aromatic heterocycles. The highest BCUT2D eigenvalue weighted by Crippen LogP contribution is 2.19. The Morgan fingerprint density at radius 3 is 2.85 bits per heavy atom. The van der Waals surface area contributed by atoms with Gasteiger partial charge in [-0.1, -0.05) is 5.16 Å². The van der Waals surface area contributed by atoms with Crippen LogP contribution in [0, 0.1) is 6.92 Å². The van der Waals surface area contributed by atoms with Gasteiger partial charge >= 0.3 is 0 Å². The van der Waals surface area contributed by atoms with E-state index in [0.717, 1.165) is 43.9 Å². The van der Waals surface area contributed by atoms with Crippen LogP contribution in [-0.2, 0) is 11.2 Å². The van der Waals surface area contributed by atoms with Crippen molar-refractivity contribution in [2.75, 3.05) is 37.4 Å². The van der Waals surface area contributed by atoms with E-state index in [0.29, 0.717) is 30.6 Å². The van der Waals surface area contributed by atoms with E-state index in [1.165, 1.54) is 0 Å². The molecule has 0 aromatic carbocycles. The fourth-order valence-electron chi connectivity index (χ4n) is 3.28. The molecule has 8 heteroatoms. The number of rotatable bonds is 6. The zero-order valence-electron chi connectivity index (χ0n) is 16.3. The van der Waals surface area contributed by atoms with E-state index >= 15 is 0 Å². The van der Waals surface area contributed by atoms with E-state index in [2.05, 4.69) is 26.5 Å². The summed E-state index contributed by atoms with van der Waals surface area (Å²) in [5, 5.41) is 7.31. The SMILES string of the molecule is Cc1noc(CCC(=O)N2CCCC(Nc3ccc(N(C)C)nc3)CC2)n1. The maximum absolute atomic E-state index is 12.5. The highest BCUT2D eigenvalue weighted by atomic mass is 16.5. The summed E-state index contributed by atoms with van der Waals surface area (Å²) in [5.74, 6) is 2.23. The van der Waals surface area contributed by atoms with Gasteiger partial charge in [-0.05, 0) is 38.3 Å². The quantitative estimate of drug-likeness (QED) is 0.832. The van der Waals surface area contributed by atoms with Gasteiger partial charge in [0.05, 0.1) is 11.9 Å². The number of pyridine rings is 1. The number of carbonyl (C=O) groups excluding carboxylic acids is 1. The number of aryl methyl sites for hydroxylation is 2. The molecule has 3 heterocycles. The van der Waals surface area contributed by atoms with Crippen molar-refractivity contribution in [1.82, 2.24) is 20.0 Å². The minimum absolute atomic E-state index is 0.156. The Balaban J connectivity index is 1.47. The molecule has 8 nitrogen and oxygen atoms in total. The minimum Gasteiger partial charge on any atom is -0.381 e. The summed E-state index contributed by atoms with van der Waals surface area (Å²) in [5.41, 5.74) is 1.03. The lowest BCUT2D eigenvalue weighted by Crippen LogP contribution is -2.32. The number of carbonyl (C=O) groups is 1. The number of nitrogens with one attached hydrogen (secondary N) is 1. The van der Waals surface area contributed by atoms with Gasteiger partial charge in [0.25, 0.3) is 0 Å². The molecule has 1 saturated heterocycles. The molecular weight excluding hydrogens is 344 g/mol. The maximum atomic E-state index is 12.5. The normalized spacial score (nSPS) is 17.4. The summed E-state index contributed by atoms with van der Waals surface area (Å²) < 4.78 is 5.08. The largest absolute Gasteiger partial charge is 0.381 e. The zero-order valence-corrected chi connectivity index (χ0v) is 16.3. The second kappa shape index (κ2) is 8.83. The van der Waals surface area contributed by atoms with Gasteiger partial charge in [0.1, 0.15) is 5.82 Å². The summed E-state index contributed by atoms with van der Waals surface area (Å²) in [6.45, 7) is 3.35. The number of likely N-dealkylation sites (tertiary alicyclic amines) is 1. The molecule has 1 unspecified atom stereocenters. The van der Waals surface area contributed by atoms with Gasteiger partial charge in [-0.15, -0.1) is 0 Å². The smallest absolute Gasteiger partial charge is 0.227 e. The highest BCUT2D eigenvalue weighted by molar-refractivity contribution is 5.76. The Bertz CT molecular complexity index is 743. The average molecular weight is 372 g/mol. The average Bonchev–Trinajstić information content (AvgIpc) is 2.93. The summed E-state index contributed by atoms with van der Waals surface area (Å²) in [6, 6.07) is 4.42. The predicted octanol–water partition coefficient (Wildman–Crippen LogP) is 2.26. The van der Waals surface area contributed by atoms with Crippen LogP contribution < -0.4 is 10.2 Å². The lowest BCUT2D eigenvalue weighted by molar-refractivity contribution is -0.131. The number of hydrogen-bond acceptors (Lipinski definition) is 7. The van der Waals surface area contributed by atoms with Gasteiger partial charge in [0.15, 0.2) is 5.82 Å². The minimum atomic E-state index is 0.156. The molecule has 0 aliphatic carbocycles. The molecule has 1 N–H and O–H groups in total. The summed E-state index contributed by atoms with van der Waals surface area (Å²) in [4.78, 5) is 25.0. The first-order valence-corrected chi connectivity index (χ1v) is 9.48. The Morgan fingerprint density at radius 1 is 1.33 bits per heavy atom. The molecule has 146 valence electrons. The third-order valence-corrected chi connectivity index (χ3v) is 4.78. The molecule has 3 rings (SSSR count). The van der Waals surface area contributed by atoms with Crippen molar-refractivity contribution in [3.63, 3.8) is 0 Å². The van der Waals surface area contributed by atoms with Crippen molar-refractivity contribution in [2.45, 2.75) is 45.1 Å². The Morgan fingerprint density at radius 2 is 2.19 bits per heavy atom. The third kappa shape index (κ3) is 5.42. The van der Waals surface area contributed by atoms with Crippen molar-refractivity contribution >= 4 is 17.4 Å². The lowest BCUT2D eigenvalue weighted by atomic mass is 10.1. The lowest BCUT2D eigenvalue weighted by Gasteiger charge is -2.21. The number of aromatic nitrogens is 3. The van der Waals surface area contributed by atoms with E-state index in [1.807, 2.05) is 36.2 Å². The molecule has 0 radical (unpaired) electrons. The number of amides is 1. The zero-order chi connectivity index (χ0) is 19.2. The molecule has 27 heavy (non-hydrogen) atoms. The molecule has 2 aromatic rings. The van der Waals surface area contributed by atoms with Crippen LogP contribution in [0.15, 0.2) is 22.9 Å². The second-order valence-electron chi connectivity index (χ2n) is 7.19. The number of nitrogens with zero attached hydrogens (tertiary/aromatic N) is 5. The standard InChI is InChI=1S/C19H28N6O2/c1-14-21-18(27-23-14)8-9-19(26)25-11-4-5-15(10-12-25)22-16-6-7-17(20-13-16)24(2)3/h6-7,13,15,22H,4-5,8-12H2,1-3H3. The highest BCUT2D eigenvalue weighted by Gasteiger charge is 2.21. The van der Waals surface area contributed by atoms with Crippen LogP contribution in [-0.4, -0.2) is 59.2 Å². The first kappa shape index (κ1) is 19.1. The summed E-state index contributed by atoms with van der Waals surface area (Å²) in [6.07, 6.45) is 5.75. The molecular formula is C19H28N6O2. The topological polar surface area (TPSA) is 87.4 Å². The van der Waals surface area contributed by atoms with Gasteiger partial charge in [0, 0.05) is 46.1 Å². The van der Waals surface area contributed by atoms with E-state index in [-0.39, 0.29) is 5.91 Å². The number of anilines is 2. The van der Waals surface area contributed by atoms with E-state index in [4.69, 9.17) is 4.52 Å². The van der Waals surface area contributed by atoms with E-state index in [1.54, 1.807) is 6.92 Å². The van der Waals surface area contributed by atoms with Crippen LogP contribution in [0.4, 0.5) is 11.5 Å². The van der Waals surface area contributed by atoms with E-state index < -0.39 is 0 Å². The van der Waals surface area contributed by atoms with Crippen LogP contribution in [0.5, 0.6) is 0 Å². The van der Waals surface area contributed by atoms with Crippen molar-refractivity contribution in [3.05, 3.63) is 30.0 Å². The Kier molecular flexibility index (Phi) is 6.26. The van der Waals surface area contributed by atoms with Crippen LogP contribution in [0.2, 0.25) is 0 Å². The molecule has 1 aliphatic heterocycles. The maximum Gasteiger partial charge on any atom is 0.227 e. The van der Waals surface area contributed by atoms with Crippen LogP contribution >= 0.6 is 0 Å². The van der Waals surface area contributed by atoms with Gasteiger partial charge < -0.3 is 19.6 Å². The van der Waals surface area contributed by atoms with E-state index in [9.17, 15) is 4.79 Å². The van der Waals surface area contributed by atoms with Gasteiger partial charge in [-0.2, -0.15) is 4.98 Å². The van der Waals surface area contributed by atoms with Gasteiger partial charge in [-0.3, -0.25) is 4.79 Å². The van der Waals surface area contributed by atoms with Crippen molar-refractivity contribution in [3.8, 4) is 0 Å². The van der Waals surface area contributed by atoms with Gasteiger partial charge in [0.2, 0.25) is 11.8 Å². The van der Waals surface area contributed by atoms with Crippen molar-refractivity contribution in [1.29, 1.82) is 0 Å². The van der Waals surface area contributed by atoms with Crippen molar-refractivity contribution < 1.29 is 9.32 Å². The molecule has 1 amide bonds. The second-order valence-corrected chi connectivity index (χ2v) is 7.19. The monoisotopic (exact) mass is 372 g/mol. The Labute approximate surface area is 159 Å². The molecule has 0 bridgehead atoms. The Hall–Kier alpha value is -2.64. The third-order valence-electron chi connectivity index (χ3n) is 4.78. The van der Waals surface area contributed by atoms with Crippen LogP contribution in [0.3, 0.4) is 0 Å². The van der Waals surface area contributed by atoms with Crippen LogP contribution in [0.25, 0.3) is 0 Å². The fourth-order valence-corrected chi connectivity index (χ4v) is 3.28. The summed E-state index contributed by atoms with van der Waals surface area (Å²) in [7, 11) is 3.96. The van der Waals surface area contributed by atoms with Crippen molar-refractivity contribution in [2.24, 2.45) is 0 Å². The number of hydrogen-bond donors (Lipinski definition) is 1. The first-order chi connectivity index (χ1) is 13.0.